The second-order valence-electron chi connectivity index (χ2n) is 8.97. The summed E-state index contributed by atoms with van der Waals surface area (Å²) in [4.78, 5) is 0. The average molecular weight is 310 g/mol. The molecule has 0 saturated carbocycles. The average Bonchev–Trinajstić information content (AvgIpc) is 2.67. The minimum absolute atomic E-state index is 0.177. The molecular weight excluding hydrogens is 278 g/mol. The Kier molecular flexibility index (Phi) is 4.36. The van der Waals surface area contributed by atoms with E-state index in [1.807, 2.05) is 0 Å². The first-order valence-electron chi connectivity index (χ1n) is 8.41. The maximum atomic E-state index is 6.18. The van der Waals surface area contributed by atoms with Crippen LogP contribution >= 0.6 is 0 Å². The van der Waals surface area contributed by atoms with Gasteiger partial charge in [0.15, 0.2) is 0 Å². The van der Waals surface area contributed by atoms with Crippen LogP contribution in [-0.2, 0) is 18.6 Å². The molecule has 2 saturated heterocycles. The van der Waals surface area contributed by atoms with Crippen molar-refractivity contribution in [2.24, 2.45) is 0 Å². The van der Waals surface area contributed by atoms with Crippen LogP contribution in [-0.4, -0.2) is 36.6 Å². The zero-order chi connectivity index (χ0) is 17.1. The molecule has 6 heteroatoms. The van der Waals surface area contributed by atoms with Crippen LogP contribution in [0, 0.1) is 0 Å². The van der Waals surface area contributed by atoms with E-state index in [4.69, 9.17) is 18.6 Å². The highest BCUT2D eigenvalue weighted by Crippen LogP contribution is 2.47. The molecule has 0 spiro atoms. The first-order chi connectivity index (χ1) is 9.70. The van der Waals surface area contributed by atoms with Crippen LogP contribution in [0.1, 0.15) is 69.2 Å². The predicted octanol–water partition coefficient (Wildman–Crippen LogP) is 3.95. The normalized spacial score (nSPS) is 31.4. The van der Waals surface area contributed by atoms with Crippen LogP contribution < -0.4 is 0 Å². The minimum atomic E-state index is -0.304. The van der Waals surface area contributed by atoms with Gasteiger partial charge in [0.25, 0.3) is 0 Å². The van der Waals surface area contributed by atoms with Gasteiger partial charge in [-0.15, -0.1) is 0 Å². The molecule has 0 amide bonds. The molecule has 2 rings (SSSR count). The third kappa shape index (κ3) is 2.88. The van der Waals surface area contributed by atoms with E-state index in [1.54, 1.807) is 0 Å². The van der Waals surface area contributed by atoms with Gasteiger partial charge < -0.3 is 18.6 Å². The molecule has 1 unspecified atom stereocenters. The topological polar surface area (TPSA) is 36.9 Å². The molecular formula is C16H32B2O4. The third-order valence-corrected chi connectivity index (χ3v) is 6.23. The molecule has 0 radical (unpaired) electrons. The number of hydrogen-bond donors (Lipinski definition) is 0. The van der Waals surface area contributed by atoms with Crippen LogP contribution in [0.15, 0.2) is 0 Å². The van der Waals surface area contributed by atoms with Gasteiger partial charge in [0.05, 0.1) is 22.4 Å². The highest BCUT2D eigenvalue weighted by molar-refractivity contribution is 6.54. The van der Waals surface area contributed by atoms with Crippen molar-refractivity contribution in [2.75, 3.05) is 0 Å². The van der Waals surface area contributed by atoms with Crippen molar-refractivity contribution >= 4 is 14.2 Å². The van der Waals surface area contributed by atoms with E-state index >= 15 is 0 Å². The van der Waals surface area contributed by atoms with Gasteiger partial charge in [0.1, 0.15) is 0 Å². The van der Waals surface area contributed by atoms with Gasteiger partial charge in [0, 0.05) is 0 Å². The Labute approximate surface area is 136 Å². The smallest absolute Gasteiger partial charge is 0.403 e. The number of rotatable bonds is 3. The van der Waals surface area contributed by atoms with Gasteiger partial charge in [0.2, 0.25) is 0 Å². The van der Waals surface area contributed by atoms with Crippen molar-refractivity contribution < 1.29 is 18.6 Å². The maximum absolute atomic E-state index is 6.18. The summed E-state index contributed by atoms with van der Waals surface area (Å²) >= 11 is 0. The Hall–Kier alpha value is -0.0301. The zero-order valence-electron chi connectivity index (χ0n) is 15.9. The fourth-order valence-corrected chi connectivity index (χ4v) is 2.70. The Balaban J connectivity index is 2.07. The Morgan fingerprint density at radius 3 is 0.864 bits per heavy atom. The molecule has 0 bridgehead atoms. The van der Waals surface area contributed by atoms with Crippen molar-refractivity contribution in [3.63, 3.8) is 0 Å². The molecule has 126 valence electrons. The highest BCUT2D eigenvalue weighted by Gasteiger charge is 2.58. The van der Waals surface area contributed by atoms with Crippen molar-refractivity contribution in [3.05, 3.63) is 0 Å². The van der Waals surface area contributed by atoms with Crippen LogP contribution in [0.2, 0.25) is 11.6 Å². The molecule has 2 fully saturated rings. The summed E-state index contributed by atoms with van der Waals surface area (Å²) in [5, 5.41) is 0. The molecule has 2 aliphatic rings. The lowest BCUT2D eigenvalue weighted by atomic mass is 9.54. The summed E-state index contributed by atoms with van der Waals surface area (Å²) in [5.41, 5.74) is -1.22. The van der Waals surface area contributed by atoms with Crippen molar-refractivity contribution in [1.29, 1.82) is 0 Å². The summed E-state index contributed by atoms with van der Waals surface area (Å²) in [6, 6.07) is 0. The van der Waals surface area contributed by atoms with Crippen molar-refractivity contribution in [3.8, 4) is 0 Å². The molecule has 2 aliphatic heterocycles. The maximum Gasteiger partial charge on any atom is 0.460 e. The quantitative estimate of drug-likeness (QED) is 0.740. The molecule has 0 aliphatic carbocycles. The molecule has 2 heterocycles. The minimum Gasteiger partial charge on any atom is -0.403 e. The van der Waals surface area contributed by atoms with E-state index in [9.17, 15) is 0 Å². The molecule has 2 atom stereocenters. The Bertz CT molecular complexity index is 362. The number of hydrogen-bond acceptors (Lipinski definition) is 4. The van der Waals surface area contributed by atoms with Crippen molar-refractivity contribution in [2.45, 2.75) is 103 Å². The van der Waals surface area contributed by atoms with Gasteiger partial charge in [-0.05, 0) is 67.0 Å². The standard InChI is InChI=1S/C16H32B2O4/c1-11(17-19-13(3,4)14(5,6)20-17)12(2)18-21-15(7,8)16(9,10)22-18/h11-12H,1-10H3/t11-,12?/m0/s1. The van der Waals surface area contributed by atoms with Crippen LogP contribution in [0.5, 0.6) is 0 Å². The zero-order valence-corrected chi connectivity index (χ0v) is 15.9. The summed E-state index contributed by atoms with van der Waals surface area (Å²) in [5.74, 6) is 0.353. The lowest BCUT2D eigenvalue weighted by molar-refractivity contribution is 0.00578. The largest absolute Gasteiger partial charge is 0.460 e. The van der Waals surface area contributed by atoms with Gasteiger partial charge in [-0.25, -0.2) is 0 Å². The van der Waals surface area contributed by atoms with Gasteiger partial charge in [-0.2, -0.15) is 0 Å². The fraction of sp³-hybridized carbons (Fsp3) is 1.00. The summed E-state index contributed by atoms with van der Waals surface area (Å²) in [6.07, 6.45) is 0. The molecule has 22 heavy (non-hydrogen) atoms. The summed E-state index contributed by atoms with van der Waals surface area (Å²) in [6.45, 7) is 21.0. The summed E-state index contributed by atoms with van der Waals surface area (Å²) < 4.78 is 24.7. The second-order valence-corrected chi connectivity index (χ2v) is 8.97. The first kappa shape index (κ1) is 18.3. The lowest BCUT2D eigenvalue weighted by Gasteiger charge is -2.32. The van der Waals surface area contributed by atoms with Gasteiger partial charge in [-0.1, -0.05) is 13.8 Å². The molecule has 0 aromatic heterocycles. The van der Waals surface area contributed by atoms with Crippen LogP contribution in [0.25, 0.3) is 0 Å². The molecule has 0 N–H and O–H groups in total. The van der Waals surface area contributed by atoms with Gasteiger partial charge in [-0.3, -0.25) is 0 Å². The van der Waals surface area contributed by atoms with E-state index in [1.165, 1.54) is 0 Å². The first-order valence-corrected chi connectivity index (χ1v) is 8.41. The molecule has 4 nitrogen and oxygen atoms in total. The van der Waals surface area contributed by atoms with E-state index in [-0.39, 0.29) is 48.3 Å². The van der Waals surface area contributed by atoms with Gasteiger partial charge >= 0.3 is 14.2 Å². The second kappa shape index (κ2) is 5.23. The van der Waals surface area contributed by atoms with E-state index < -0.39 is 0 Å². The van der Waals surface area contributed by atoms with Crippen LogP contribution in [0.4, 0.5) is 0 Å². The SMILES string of the molecule is CC(B1OC(C)(C)C(C)(C)O1)[C@H](C)B1OC(C)(C)C(C)(C)O1. The molecule has 0 aromatic rings. The highest BCUT2D eigenvalue weighted by atomic mass is 16.7. The van der Waals surface area contributed by atoms with E-state index in [2.05, 4.69) is 69.2 Å². The monoisotopic (exact) mass is 310 g/mol. The van der Waals surface area contributed by atoms with E-state index in [0.717, 1.165) is 0 Å². The predicted molar refractivity (Wildman–Crippen MR) is 91.0 cm³/mol. The van der Waals surface area contributed by atoms with Crippen molar-refractivity contribution in [1.82, 2.24) is 0 Å². The summed E-state index contributed by atoms with van der Waals surface area (Å²) in [7, 11) is -0.474. The fourth-order valence-electron chi connectivity index (χ4n) is 2.70. The Morgan fingerprint density at radius 1 is 0.500 bits per heavy atom. The van der Waals surface area contributed by atoms with Crippen LogP contribution in [0.3, 0.4) is 0 Å². The van der Waals surface area contributed by atoms with E-state index in [0.29, 0.717) is 0 Å². The lowest BCUT2D eigenvalue weighted by Crippen LogP contribution is -2.41. The third-order valence-electron chi connectivity index (χ3n) is 6.23. The molecule has 0 aromatic carbocycles. The Morgan fingerprint density at radius 2 is 0.682 bits per heavy atom.